The lowest BCUT2D eigenvalue weighted by Gasteiger charge is -2.14. The minimum atomic E-state index is 0.561. The summed E-state index contributed by atoms with van der Waals surface area (Å²) in [5.74, 6) is 1.76. The molecule has 0 aliphatic rings. The largest absolute Gasteiger partial charge is 0.437 e. The molecule has 12 heterocycles. The van der Waals surface area contributed by atoms with Crippen LogP contribution >= 0.6 is 34.0 Å². The number of furan rings is 3. The maximum atomic E-state index is 6.64. The highest BCUT2D eigenvalue weighted by Gasteiger charge is 2.32. The second-order valence-corrected chi connectivity index (χ2v) is 41.5. The van der Waals surface area contributed by atoms with Gasteiger partial charge in [0.15, 0.2) is 0 Å². The van der Waals surface area contributed by atoms with E-state index in [9.17, 15) is 0 Å². The SMILES string of the molecule is c1ccc(-c2cc(-c3ccccc3)cc(-c3nc(-n4c5ccccc5c5c6sc7ccccc7c6c6ccccc6c54)nc4oc5ccccc5c34)c2)cc1.c1ccc2c(-c3nc(-n4c5ccccc5c5c6sc7ccccc7c6c6ccccc6c54)nc4oc5ccccc5c34)cccc2c1.c1ccc2cc(-c3nc(-n4c5ccccc5c5c6sc7ccccc7c6c6ccccc6c54)nc4oc5ccccc5c34)ccc2c1. The molecule has 12 nitrogen and oxygen atoms in total. The van der Waals surface area contributed by atoms with E-state index in [0.29, 0.717) is 35.0 Å². The Bertz CT molecular complexity index is 11700. The molecule has 0 fully saturated rings. The molecule has 0 bridgehead atoms. The van der Waals surface area contributed by atoms with E-state index in [1.54, 1.807) is 0 Å². The van der Waals surface area contributed by atoms with Crippen LogP contribution in [0.15, 0.2) is 468 Å². The highest BCUT2D eigenvalue weighted by atomic mass is 32.1. The first-order valence-corrected chi connectivity index (χ1v) is 52.5. The second-order valence-electron chi connectivity index (χ2n) is 38.3. The molecule has 0 atom stereocenters. The van der Waals surface area contributed by atoms with Crippen LogP contribution in [0, 0.1) is 0 Å². The third kappa shape index (κ3) is 12.6. The van der Waals surface area contributed by atoms with E-state index in [4.69, 9.17) is 43.2 Å². The number of rotatable bonds is 8. The number of aromatic nitrogens is 9. The number of fused-ring (bicyclic) bond motifs is 41. The summed E-state index contributed by atoms with van der Waals surface area (Å²) in [7, 11) is 0. The van der Waals surface area contributed by atoms with E-state index in [0.717, 1.165) is 149 Å². The predicted molar refractivity (Wildman–Crippen MR) is 624 cm³/mol. The minimum absolute atomic E-state index is 0.561. The fraction of sp³-hybridized carbons (Fsp3) is 0. The molecule has 0 unspecified atom stereocenters. The molecule has 34 aromatic rings. The zero-order valence-corrected chi connectivity index (χ0v) is 81.7. The number of hydrogen-bond donors (Lipinski definition) is 0. The first-order chi connectivity index (χ1) is 73.9. The molecule has 15 heteroatoms. The van der Waals surface area contributed by atoms with Gasteiger partial charge in [-0.15, -0.1) is 34.0 Å². The van der Waals surface area contributed by atoms with Crippen molar-refractivity contribution < 1.29 is 13.3 Å². The Kier molecular flexibility index (Phi) is 18.3. The van der Waals surface area contributed by atoms with E-state index in [2.05, 4.69) is 420 Å². The minimum Gasteiger partial charge on any atom is -0.437 e. The molecule has 0 aliphatic carbocycles. The fourth-order valence-corrected chi connectivity index (χ4v) is 27.7. The molecule has 0 saturated carbocycles. The van der Waals surface area contributed by atoms with Crippen molar-refractivity contribution in [3.05, 3.63) is 455 Å². The van der Waals surface area contributed by atoms with Gasteiger partial charge in [0.1, 0.15) is 16.7 Å². The van der Waals surface area contributed by atoms with Gasteiger partial charge in [0.25, 0.3) is 0 Å². The molecule has 0 amide bonds. The zero-order chi connectivity index (χ0) is 97.3. The first kappa shape index (κ1) is 83.3. The van der Waals surface area contributed by atoms with E-state index in [1.807, 2.05) is 82.5 Å². The van der Waals surface area contributed by atoms with Crippen LogP contribution in [0.3, 0.4) is 0 Å². The smallest absolute Gasteiger partial charge is 0.238 e. The average Bonchev–Trinajstić information content (AvgIpc) is 1.54. The number of benzene rings is 22. The van der Waals surface area contributed by atoms with Gasteiger partial charge in [0, 0.05) is 142 Å². The quantitative estimate of drug-likeness (QED) is 0.146. The molecule has 692 valence electrons. The molecular formula is C134H75N9O3S3. The van der Waals surface area contributed by atoms with Gasteiger partial charge >= 0.3 is 0 Å². The summed E-state index contributed by atoms with van der Waals surface area (Å²) < 4.78 is 34.2. The van der Waals surface area contributed by atoms with Crippen molar-refractivity contribution in [3.8, 4) is 73.9 Å². The zero-order valence-electron chi connectivity index (χ0n) is 79.3. The standard InChI is InChI=1S/C50H29N3OS.2C42H23N3OS/c1-3-15-30(16-4-1)32-27-33(31-17-5-2-6-18-31)29-34(28-32)46-44-38-22-10-13-25-41(38)54-49(44)52-50(51-46)53-40-24-12-9-21-37(40)45-47(53)36-20-8-7-19-35(36)43-39-23-11-14-26-42(39)55-48(43)45;1-2-14-25-24(12-1)13-11-20-27(25)38-36-30-18-6-9-22-33(30)46-41(36)44-42(43-38)45-32-21-8-5-17-29(32)37-39(45)28-16-4-3-15-26(28)35-31-19-7-10-23-34(31)47-40(35)37;1-2-12-25-23-26(22-21-24(25)11-1)38-36-30-16-6-9-19-33(30)46-41(36)44-42(43-38)45-32-18-8-5-15-29(32)37-39(45)28-14-4-3-13-27(28)35-31-17-7-10-20-34(31)47-40(35)37/h1-29H;2*1-23H. The summed E-state index contributed by atoms with van der Waals surface area (Å²) in [6.07, 6.45) is 0. The van der Waals surface area contributed by atoms with Crippen molar-refractivity contribution in [3.63, 3.8) is 0 Å². The Hall–Kier alpha value is -19.2. The highest BCUT2D eigenvalue weighted by Crippen LogP contribution is 2.55. The Morgan fingerprint density at radius 3 is 0.893 bits per heavy atom. The molecule has 0 radical (unpaired) electrons. The van der Waals surface area contributed by atoms with Crippen LogP contribution in [-0.4, -0.2) is 43.6 Å². The Morgan fingerprint density at radius 1 is 0.174 bits per heavy atom. The van der Waals surface area contributed by atoms with Crippen LogP contribution in [0.5, 0.6) is 0 Å². The van der Waals surface area contributed by atoms with Crippen LogP contribution in [0.4, 0.5) is 0 Å². The van der Waals surface area contributed by atoms with E-state index in [1.165, 1.54) is 136 Å². The van der Waals surface area contributed by atoms with Gasteiger partial charge in [-0.2, -0.15) is 15.0 Å². The van der Waals surface area contributed by atoms with Crippen molar-refractivity contribution in [2.45, 2.75) is 0 Å². The summed E-state index contributed by atoms with van der Waals surface area (Å²) in [4.78, 5) is 32.4. The number of para-hydroxylation sites is 6. The molecular weight excluding hydrogens is 1880 g/mol. The van der Waals surface area contributed by atoms with Crippen LogP contribution in [0.2, 0.25) is 0 Å². The van der Waals surface area contributed by atoms with Crippen molar-refractivity contribution >= 4 is 280 Å². The van der Waals surface area contributed by atoms with Crippen LogP contribution < -0.4 is 0 Å². The molecule has 0 N–H and O–H groups in total. The molecule has 0 spiro atoms. The predicted octanol–water partition coefficient (Wildman–Crippen LogP) is 37.6. The normalized spacial score (nSPS) is 12.2. The lowest BCUT2D eigenvalue weighted by atomic mass is 9.94. The Morgan fingerprint density at radius 2 is 0.477 bits per heavy atom. The fourth-order valence-electron chi connectivity index (χ4n) is 23.9. The summed E-state index contributed by atoms with van der Waals surface area (Å²) in [5.41, 5.74) is 20.8. The lowest BCUT2D eigenvalue weighted by molar-refractivity contribution is 0.651. The number of thiophene rings is 3. The lowest BCUT2D eigenvalue weighted by Crippen LogP contribution is -2.03. The van der Waals surface area contributed by atoms with Gasteiger partial charge in [-0.05, 0) is 139 Å². The van der Waals surface area contributed by atoms with Gasteiger partial charge in [-0.3, -0.25) is 13.7 Å². The first-order valence-electron chi connectivity index (χ1n) is 50.0. The van der Waals surface area contributed by atoms with Gasteiger partial charge < -0.3 is 13.3 Å². The average molecular weight is 1960 g/mol. The maximum absolute atomic E-state index is 6.64. The maximum Gasteiger partial charge on any atom is 0.238 e. The summed E-state index contributed by atoms with van der Waals surface area (Å²) in [6, 6.07) is 161. The number of nitrogens with zero attached hydrogens (tertiary/aromatic N) is 9. The van der Waals surface area contributed by atoms with E-state index < -0.39 is 0 Å². The van der Waals surface area contributed by atoms with Crippen molar-refractivity contribution in [2.24, 2.45) is 0 Å². The molecule has 149 heavy (non-hydrogen) atoms. The molecule has 12 aromatic heterocycles. The van der Waals surface area contributed by atoms with Gasteiger partial charge in [0.2, 0.25) is 35.0 Å². The van der Waals surface area contributed by atoms with Gasteiger partial charge in [-0.1, -0.05) is 376 Å². The van der Waals surface area contributed by atoms with Crippen molar-refractivity contribution in [1.82, 2.24) is 43.6 Å². The van der Waals surface area contributed by atoms with Crippen LogP contribution in [-0.2, 0) is 0 Å². The van der Waals surface area contributed by atoms with Crippen molar-refractivity contribution in [1.29, 1.82) is 0 Å². The van der Waals surface area contributed by atoms with Gasteiger partial charge in [0.05, 0.1) is 66.3 Å². The molecule has 22 aromatic carbocycles. The van der Waals surface area contributed by atoms with E-state index >= 15 is 0 Å². The molecule has 0 saturated heterocycles. The number of hydrogen-bond acceptors (Lipinski definition) is 12. The van der Waals surface area contributed by atoms with Crippen molar-refractivity contribution in [2.75, 3.05) is 0 Å². The third-order valence-electron chi connectivity index (χ3n) is 30.2. The summed E-state index contributed by atoms with van der Waals surface area (Å²) in [5, 5.41) is 32.7. The van der Waals surface area contributed by atoms with E-state index in [-0.39, 0.29) is 0 Å². The Balaban J connectivity index is 0.0000000993. The second kappa shape index (κ2) is 32.7. The summed E-state index contributed by atoms with van der Waals surface area (Å²) >= 11 is 5.59. The van der Waals surface area contributed by atoms with Crippen LogP contribution in [0.25, 0.3) is 320 Å². The highest BCUT2D eigenvalue weighted by molar-refractivity contribution is 7.28. The van der Waals surface area contributed by atoms with Crippen LogP contribution in [0.1, 0.15) is 0 Å². The topological polar surface area (TPSA) is 132 Å². The Labute approximate surface area is 859 Å². The molecule has 34 rings (SSSR count). The summed E-state index contributed by atoms with van der Waals surface area (Å²) in [6.45, 7) is 0. The van der Waals surface area contributed by atoms with Gasteiger partial charge in [-0.25, -0.2) is 15.0 Å². The molecule has 0 aliphatic heterocycles. The monoisotopic (exact) mass is 1950 g/mol. The third-order valence-corrected chi connectivity index (χ3v) is 33.8.